The molecule has 1 unspecified atom stereocenters. The number of hydrogen-bond acceptors (Lipinski definition) is 2. The second-order valence-electron chi connectivity index (χ2n) is 6.72. The van der Waals surface area contributed by atoms with Gasteiger partial charge in [-0.2, -0.15) is 0 Å². The Morgan fingerprint density at radius 1 is 1.00 bits per heavy atom. The molecule has 132 valence electrons. The summed E-state index contributed by atoms with van der Waals surface area (Å²) < 4.78 is 0. The maximum Gasteiger partial charge on any atom is 0.252 e. The molecule has 0 saturated heterocycles. The van der Waals surface area contributed by atoms with E-state index in [0.717, 1.165) is 16.7 Å². The van der Waals surface area contributed by atoms with Gasteiger partial charge in [-0.3, -0.25) is 9.59 Å². The van der Waals surface area contributed by atoms with E-state index in [4.69, 9.17) is 0 Å². The van der Waals surface area contributed by atoms with Gasteiger partial charge in [0.05, 0.1) is 0 Å². The lowest BCUT2D eigenvalue weighted by Gasteiger charge is -2.22. The molecule has 0 aliphatic rings. The average Bonchev–Trinajstić information content (AvgIpc) is 2.57. The van der Waals surface area contributed by atoms with E-state index in [-0.39, 0.29) is 17.7 Å². The van der Waals surface area contributed by atoms with Crippen molar-refractivity contribution < 1.29 is 9.59 Å². The lowest BCUT2D eigenvalue weighted by Crippen LogP contribution is -2.49. The summed E-state index contributed by atoms with van der Waals surface area (Å²) >= 11 is 0. The van der Waals surface area contributed by atoms with Crippen molar-refractivity contribution in [1.29, 1.82) is 0 Å². The highest BCUT2D eigenvalue weighted by atomic mass is 16.2. The summed E-state index contributed by atoms with van der Waals surface area (Å²) in [6, 6.07) is 14.8. The fourth-order valence-electron chi connectivity index (χ4n) is 2.70. The van der Waals surface area contributed by atoms with Gasteiger partial charge in [-0.05, 0) is 37.0 Å². The van der Waals surface area contributed by atoms with Gasteiger partial charge in [0.15, 0.2) is 0 Å². The maximum absolute atomic E-state index is 12.6. The highest BCUT2D eigenvalue weighted by molar-refractivity contribution is 5.98. The molecule has 1 atom stereocenters. The zero-order chi connectivity index (χ0) is 18.4. The molecule has 0 radical (unpaired) electrons. The number of aryl methyl sites for hydroxylation is 2. The fourth-order valence-corrected chi connectivity index (χ4v) is 2.70. The molecule has 2 aromatic rings. The summed E-state index contributed by atoms with van der Waals surface area (Å²) in [6.45, 7) is 8.20. The summed E-state index contributed by atoms with van der Waals surface area (Å²) in [5.41, 5.74) is 3.68. The highest BCUT2D eigenvalue weighted by Crippen LogP contribution is 2.10. The van der Waals surface area contributed by atoms with Gasteiger partial charge in [-0.1, -0.05) is 61.9 Å². The molecule has 0 bridgehead atoms. The zero-order valence-corrected chi connectivity index (χ0v) is 15.3. The second kappa shape index (κ2) is 8.47. The number of hydrogen-bond donors (Lipinski definition) is 2. The van der Waals surface area contributed by atoms with Crippen molar-refractivity contribution in [1.82, 2.24) is 10.6 Å². The molecule has 0 aliphatic heterocycles. The van der Waals surface area contributed by atoms with Crippen LogP contribution in [0.15, 0.2) is 48.5 Å². The minimum Gasteiger partial charge on any atom is -0.350 e. The lowest BCUT2D eigenvalue weighted by atomic mass is 10.0. The quantitative estimate of drug-likeness (QED) is 0.848. The third-order valence-corrected chi connectivity index (χ3v) is 4.17. The first kappa shape index (κ1) is 18.7. The van der Waals surface area contributed by atoms with Gasteiger partial charge in [0.2, 0.25) is 5.91 Å². The Kier molecular flexibility index (Phi) is 6.34. The zero-order valence-electron chi connectivity index (χ0n) is 15.3. The SMILES string of the molecule is Cc1cccc(CNC(=O)C(NC(=O)c2ccccc2C)C(C)C)c1. The summed E-state index contributed by atoms with van der Waals surface area (Å²) in [5, 5.41) is 5.80. The molecule has 2 N–H and O–H groups in total. The van der Waals surface area contributed by atoms with Gasteiger partial charge in [-0.25, -0.2) is 0 Å². The molecule has 0 saturated carbocycles. The van der Waals surface area contributed by atoms with Gasteiger partial charge in [0.1, 0.15) is 6.04 Å². The topological polar surface area (TPSA) is 58.2 Å². The lowest BCUT2D eigenvalue weighted by molar-refractivity contribution is -0.124. The van der Waals surface area contributed by atoms with E-state index >= 15 is 0 Å². The van der Waals surface area contributed by atoms with E-state index < -0.39 is 6.04 Å². The maximum atomic E-state index is 12.6. The summed E-state index contributed by atoms with van der Waals surface area (Å²) in [4.78, 5) is 25.1. The Morgan fingerprint density at radius 3 is 2.36 bits per heavy atom. The minimum atomic E-state index is -0.572. The smallest absolute Gasteiger partial charge is 0.252 e. The summed E-state index contributed by atoms with van der Waals surface area (Å²) in [6.07, 6.45) is 0. The number of nitrogens with one attached hydrogen (secondary N) is 2. The molecule has 2 amide bonds. The Morgan fingerprint density at radius 2 is 1.72 bits per heavy atom. The van der Waals surface area contributed by atoms with Crippen LogP contribution in [-0.2, 0) is 11.3 Å². The monoisotopic (exact) mass is 338 g/mol. The largest absolute Gasteiger partial charge is 0.350 e. The Labute approximate surface area is 149 Å². The van der Waals surface area contributed by atoms with Crippen molar-refractivity contribution in [2.24, 2.45) is 5.92 Å². The predicted molar refractivity (Wildman–Crippen MR) is 100 cm³/mol. The van der Waals surface area contributed by atoms with Crippen molar-refractivity contribution in [3.8, 4) is 0 Å². The molecule has 4 heteroatoms. The van der Waals surface area contributed by atoms with Crippen LogP contribution < -0.4 is 10.6 Å². The molecule has 25 heavy (non-hydrogen) atoms. The molecular formula is C21H26N2O2. The van der Waals surface area contributed by atoms with E-state index in [1.807, 2.05) is 70.2 Å². The van der Waals surface area contributed by atoms with Gasteiger partial charge >= 0.3 is 0 Å². The van der Waals surface area contributed by atoms with E-state index in [1.54, 1.807) is 6.07 Å². The Bertz CT molecular complexity index is 753. The Hall–Kier alpha value is -2.62. The van der Waals surface area contributed by atoms with E-state index in [0.29, 0.717) is 12.1 Å². The van der Waals surface area contributed by atoms with Crippen molar-refractivity contribution in [2.45, 2.75) is 40.3 Å². The van der Waals surface area contributed by atoms with Crippen molar-refractivity contribution in [3.05, 3.63) is 70.8 Å². The predicted octanol–water partition coefficient (Wildman–Crippen LogP) is 3.37. The molecule has 2 rings (SSSR count). The number of carbonyl (C=O) groups excluding carboxylic acids is 2. The fraction of sp³-hybridized carbons (Fsp3) is 0.333. The van der Waals surface area contributed by atoms with Crippen LogP contribution in [-0.4, -0.2) is 17.9 Å². The third-order valence-electron chi connectivity index (χ3n) is 4.17. The second-order valence-corrected chi connectivity index (χ2v) is 6.72. The Balaban J connectivity index is 2.03. The van der Waals surface area contributed by atoms with E-state index in [2.05, 4.69) is 10.6 Å². The number of carbonyl (C=O) groups is 2. The number of amides is 2. The number of benzene rings is 2. The van der Waals surface area contributed by atoms with Crippen LogP contribution in [0, 0.1) is 19.8 Å². The van der Waals surface area contributed by atoms with Crippen molar-refractivity contribution in [3.63, 3.8) is 0 Å². The molecule has 0 fully saturated rings. The minimum absolute atomic E-state index is 0.00882. The van der Waals surface area contributed by atoms with Crippen LogP contribution in [0.25, 0.3) is 0 Å². The molecular weight excluding hydrogens is 312 g/mol. The third kappa shape index (κ3) is 5.18. The number of rotatable bonds is 6. The standard InChI is InChI=1S/C21H26N2O2/c1-14(2)19(23-20(24)18-11-6-5-9-16(18)4)21(25)22-13-17-10-7-8-15(3)12-17/h5-12,14,19H,13H2,1-4H3,(H,22,25)(H,23,24). The van der Waals surface area contributed by atoms with Crippen LogP contribution in [0.3, 0.4) is 0 Å². The molecule has 4 nitrogen and oxygen atoms in total. The molecule has 0 heterocycles. The van der Waals surface area contributed by atoms with Crippen LogP contribution in [0.5, 0.6) is 0 Å². The van der Waals surface area contributed by atoms with Gasteiger partial charge in [0, 0.05) is 12.1 Å². The first-order valence-corrected chi connectivity index (χ1v) is 8.58. The van der Waals surface area contributed by atoms with Crippen LogP contribution in [0.1, 0.15) is 40.9 Å². The first-order valence-electron chi connectivity index (χ1n) is 8.58. The van der Waals surface area contributed by atoms with Crippen LogP contribution in [0.4, 0.5) is 0 Å². The normalized spacial score (nSPS) is 11.9. The molecule has 0 spiro atoms. The van der Waals surface area contributed by atoms with E-state index in [1.165, 1.54) is 0 Å². The van der Waals surface area contributed by atoms with Crippen molar-refractivity contribution >= 4 is 11.8 Å². The first-order chi connectivity index (χ1) is 11.9. The summed E-state index contributed by atoms with van der Waals surface area (Å²) in [7, 11) is 0. The van der Waals surface area contributed by atoms with E-state index in [9.17, 15) is 9.59 Å². The van der Waals surface area contributed by atoms with Gasteiger partial charge < -0.3 is 10.6 Å². The molecule has 0 aromatic heterocycles. The van der Waals surface area contributed by atoms with Gasteiger partial charge in [-0.15, -0.1) is 0 Å². The van der Waals surface area contributed by atoms with Crippen LogP contribution in [0.2, 0.25) is 0 Å². The average molecular weight is 338 g/mol. The molecule has 0 aliphatic carbocycles. The van der Waals surface area contributed by atoms with Crippen molar-refractivity contribution in [2.75, 3.05) is 0 Å². The molecule has 2 aromatic carbocycles. The van der Waals surface area contributed by atoms with Crippen LogP contribution >= 0.6 is 0 Å². The highest BCUT2D eigenvalue weighted by Gasteiger charge is 2.24. The van der Waals surface area contributed by atoms with Gasteiger partial charge in [0.25, 0.3) is 5.91 Å². The summed E-state index contributed by atoms with van der Waals surface area (Å²) in [5.74, 6) is -0.397.